The lowest BCUT2D eigenvalue weighted by Crippen LogP contribution is -2.52. The average molecular weight is 610 g/mol. The Morgan fingerprint density at radius 2 is 1.48 bits per heavy atom. The summed E-state index contributed by atoms with van der Waals surface area (Å²) in [6.07, 6.45) is 7.17. The Kier molecular flexibility index (Phi) is 11.4. The van der Waals surface area contributed by atoms with Gasteiger partial charge in [-0.05, 0) is 54.7 Å². The molecule has 1 aliphatic carbocycles. The molecular formula is C33H40ClN3O4S. The molecule has 0 aliphatic heterocycles. The summed E-state index contributed by atoms with van der Waals surface area (Å²) in [6, 6.07) is 25.4. The van der Waals surface area contributed by atoms with Crippen LogP contribution in [-0.2, 0) is 32.6 Å². The van der Waals surface area contributed by atoms with E-state index in [2.05, 4.69) is 5.32 Å². The van der Waals surface area contributed by atoms with E-state index in [4.69, 9.17) is 11.6 Å². The second-order valence-electron chi connectivity index (χ2n) is 11.0. The summed E-state index contributed by atoms with van der Waals surface area (Å²) < 4.78 is 26.5. The lowest BCUT2D eigenvalue weighted by atomic mass is 9.94. The van der Waals surface area contributed by atoms with Crippen LogP contribution in [-0.4, -0.2) is 50.0 Å². The van der Waals surface area contributed by atoms with Crippen molar-refractivity contribution in [3.8, 4) is 0 Å². The Balaban J connectivity index is 1.56. The molecule has 0 heterocycles. The Labute approximate surface area is 254 Å². The monoisotopic (exact) mass is 609 g/mol. The first kappa shape index (κ1) is 31.6. The standard InChI is InChI=1S/C33H40ClN3O4S/c1-42(40,41)37(30-21-19-28(34)20-22-30)23-11-18-32(38)36(25-27-14-7-3-8-15-27)31(24-26-12-5-2-6-13-26)33(39)35-29-16-9-4-10-17-29/h2-3,5-8,12-15,19-22,29,31H,4,9-11,16-18,23-25H2,1H3,(H,35,39)/t31-/m0/s1. The van der Waals surface area contributed by atoms with E-state index in [-0.39, 0.29) is 37.4 Å². The molecule has 0 saturated heterocycles. The third-order valence-electron chi connectivity index (χ3n) is 7.69. The van der Waals surface area contributed by atoms with E-state index >= 15 is 0 Å². The van der Waals surface area contributed by atoms with Gasteiger partial charge in [0.25, 0.3) is 0 Å². The largest absolute Gasteiger partial charge is 0.352 e. The maximum Gasteiger partial charge on any atom is 0.243 e. The zero-order valence-corrected chi connectivity index (χ0v) is 25.7. The highest BCUT2D eigenvalue weighted by Crippen LogP contribution is 2.23. The average Bonchev–Trinajstić information content (AvgIpc) is 2.98. The minimum Gasteiger partial charge on any atom is -0.352 e. The highest BCUT2D eigenvalue weighted by Gasteiger charge is 2.32. The van der Waals surface area contributed by atoms with E-state index in [9.17, 15) is 18.0 Å². The van der Waals surface area contributed by atoms with Gasteiger partial charge in [0.15, 0.2) is 0 Å². The molecule has 0 aromatic heterocycles. The van der Waals surface area contributed by atoms with Gasteiger partial charge in [-0.25, -0.2) is 8.42 Å². The molecule has 224 valence electrons. The van der Waals surface area contributed by atoms with Crippen molar-refractivity contribution in [3.05, 3.63) is 101 Å². The second-order valence-corrected chi connectivity index (χ2v) is 13.3. The smallest absolute Gasteiger partial charge is 0.243 e. The molecule has 1 N–H and O–H groups in total. The molecule has 0 radical (unpaired) electrons. The molecule has 3 aromatic carbocycles. The number of halogens is 1. The molecule has 1 saturated carbocycles. The lowest BCUT2D eigenvalue weighted by Gasteiger charge is -2.34. The van der Waals surface area contributed by atoms with Gasteiger partial charge in [-0.15, -0.1) is 0 Å². The summed E-state index contributed by atoms with van der Waals surface area (Å²) in [6.45, 7) is 0.408. The number of hydrogen-bond acceptors (Lipinski definition) is 4. The number of hydrogen-bond donors (Lipinski definition) is 1. The fraction of sp³-hybridized carbons (Fsp3) is 0.394. The summed E-state index contributed by atoms with van der Waals surface area (Å²) in [4.78, 5) is 29.5. The van der Waals surface area contributed by atoms with Crippen LogP contribution in [0, 0.1) is 0 Å². The minimum atomic E-state index is -3.58. The first-order valence-electron chi connectivity index (χ1n) is 14.6. The van der Waals surface area contributed by atoms with E-state index in [1.165, 1.54) is 10.7 Å². The molecule has 42 heavy (non-hydrogen) atoms. The Bertz CT molecular complexity index is 1400. The maximum absolute atomic E-state index is 13.9. The summed E-state index contributed by atoms with van der Waals surface area (Å²) in [5.41, 5.74) is 2.38. The van der Waals surface area contributed by atoms with Gasteiger partial charge in [-0.3, -0.25) is 13.9 Å². The molecule has 9 heteroatoms. The molecular weight excluding hydrogens is 570 g/mol. The van der Waals surface area contributed by atoms with Gasteiger partial charge >= 0.3 is 0 Å². The van der Waals surface area contributed by atoms with Crippen LogP contribution in [0.2, 0.25) is 5.02 Å². The molecule has 1 fully saturated rings. The van der Waals surface area contributed by atoms with E-state index in [1.54, 1.807) is 29.2 Å². The van der Waals surface area contributed by atoms with Crippen LogP contribution in [0.4, 0.5) is 5.69 Å². The van der Waals surface area contributed by atoms with Gasteiger partial charge in [-0.1, -0.05) is 91.5 Å². The highest BCUT2D eigenvalue weighted by atomic mass is 35.5. The number of amides is 2. The maximum atomic E-state index is 13.9. The van der Waals surface area contributed by atoms with Crippen LogP contribution in [0.1, 0.15) is 56.1 Å². The number of rotatable bonds is 13. The van der Waals surface area contributed by atoms with E-state index in [0.29, 0.717) is 23.6 Å². The normalized spacial score (nSPS) is 14.6. The number of nitrogens with zero attached hydrogens (tertiary/aromatic N) is 2. The first-order chi connectivity index (χ1) is 20.2. The van der Waals surface area contributed by atoms with Crippen molar-refractivity contribution in [1.29, 1.82) is 0 Å². The molecule has 0 spiro atoms. The van der Waals surface area contributed by atoms with Crippen LogP contribution < -0.4 is 9.62 Å². The van der Waals surface area contributed by atoms with Crippen molar-refractivity contribution in [2.24, 2.45) is 0 Å². The SMILES string of the molecule is CS(=O)(=O)N(CCCC(=O)N(Cc1ccccc1)[C@@H](Cc1ccccc1)C(=O)NC1CCCCC1)c1ccc(Cl)cc1. The van der Waals surface area contributed by atoms with Gasteiger partial charge < -0.3 is 10.2 Å². The number of carbonyl (C=O) groups is 2. The first-order valence-corrected chi connectivity index (χ1v) is 16.8. The fourth-order valence-corrected chi connectivity index (χ4v) is 6.58. The van der Waals surface area contributed by atoms with Crippen molar-refractivity contribution in [1.82, 2.24) is 10.2 Å². The molecule has 1 aliphatic rings. The molecule has 2 amide bonds. The van der Waals surface area contributed by atoms with Crippen LogP contribution in [0.5, 0.6) is 0 Å². The van der Waals surface area contributed by atoms with Crippen molar-refractivity contribution < 1.29 is 18.0 Å². The Hall–Kier alpha value is -3.36. The predicted octanol–water partition coefficient (Wildman–Crippen LogP) is 5.98. The van der Waals surface area contributed by atoms with Crippen LogP contribution in [0.25, 0.3) is 0 Å². The summed E-state index contributed by atoms with van der Waals surface area (Å²) >= 11 is 6.00. The fourth-order valence-electron chi connectivity index (χ4n) is 5.49. The number of carbonyl (C=O) groups excluding carboxylic acids is 2. The van der Waals surface area contributed by atoms with E-state index in [0.717, 1.165) is 43.1 Å². The van der Waals surface area contributed by atoms with Gasteiger partial charge in [0.2, 0.25) is 21.8 Å². The summed E-state index contributed by atoms with van der Waals surface area (Å²) in [5, 5.41) is 3.76. The van der Waals surface area contributed by atoms with Crippen molar-refractivity contribution in [3.63, 3.8) is 0 Å². The molecule has 1 atom stereocenters. The summed E-state index contributed by atoms with van der Waals surface area (Å²) in [5.74, 6) is -0.336. The number of sulfonamides is 1. The van der Waals surface area contributed by atoms with Crippen LogP contribution in [0.15, 0.2) is 84.9 Å². The van der Waals surface area contributed by atoms with Crippen molar-refractivity contribution in [2.75, 3.05) is 17.1 Å². The molecule has 3 aromatic rings. The molecule has 7 nitrogen and oxygen atoms in total. The predicted molar refractivity (Wildman–Crippen MR) is 169 cm³/mol. The van der Waals surface area contributed by atoms with Crippen molar-refractivity contribution >= 4 is 39.1 Å². The minimum absolute atomic E-state index is 0.0917. The quantitative estimate of drug-likeness (QED) is 0.258. The molecule has 0 bridgehead atoms. The number of anilines is 1. The third-order valence-corrected chi connectivity index (χ3v) is 9.13. The lowest BCUT2D eigenvalue weighted by molar-refractivity contribution is -0.141. The number of benzene rings is 3. The number of nitrogens with one attached hydrogen (secondary N) is 1. The van der Waals surface area contributed by atoms with E-state index < -0.39 is 16.1 Å². The molecule has 4 rings (SSSR count). The summed E-state index contributed by atoms with van der Waals surface area (Å²) in [7, 11) is -3.58. The van der Waals surface area contributed by atoms with Gasteiger partial charge in [0.05, 0.1) is 11.9 Å². The van der Waals surface area contributed by atoms with E-state index in [1.807, 2.05) is 60.7 Å². The third kappa shape index (κ3) is 9.33. The Morgan fingerprint density at radius 1 is 0.881 bits per heavy atom. The van der Waals surface area contributed by atoms with Crippen molar-refractivity contribution in [2.45, 2.75) is 70.0 Å². The van der Waals surface area contributed by atoms with Crippen LogP contribution in [0.3, 0.4) is 0 Å². The second kappa shape index (κ2) is 15.2. The van der Waals surface area contributed by atoms with Gasteiger partial charge in [0, 0.05) is 37.0 Å². The Morgan fingerprint density at radius 3 is 2.07 bits per heavy atom. The zero-order chi connectivity index (χ0) is 30.0. The van der Waals surface area contributed by atoms with Gasteiger partial charge in [0.1, 0.15) is 6.04 Å². The van der Waals surface area contributed by atoms with Gasteiger partial charge in [-0.2, -0.15) is 0 Å². The molecule has 0 unspecified atom stereocenters. The topological polar surface area (TPSA) is 86.8 Å². The highest BCUT2D eigenvalue weighted by molar-refractivity contribution is 7.92. The zero-order valence-electron chi connectivity index (χ0n) is 24.1. The van der Waals surface area contributed by atoms with Crippen LogP contribution >= 0.6 is 11.6 Å².